The lowest BCUT2D eigenvalue weighted by molar-refractivity contribution is -0.206. The molecule has 0 aromatic heterocycles. The van der Waals surface area contributed by atoms with E-state index in [4.69, 9.17) is 26.4 Å². The zero-order valence-corrected chi connectivity index (χ0v) is 26.1. The molecular formula is C35H40F4O4S. The van der Waals surface area contributed by atoms with Crippen LogP contribution in [0, 0.1) is 5.82 Å². The number of rotatable bonds is 17. The summed E-state index contributed by atoms with van der Waals surface area (Å²) in [5.41, 5.74) is 1.37. The highest BCUT2D eigenvalue weighted by Crippen LogP contribution is 2.29. The summed E-state index contributed by atoms with van der Waals surface area (Å²) < 4.78 is 70.9. The van der Waals surface area contributed by atoms with E-state index < -0.39 is 24.1 Å². The Morgan fingerprint density at radius 1 is 0.773 bits per heavy atom. The number of benzene rings is 3. The molecular weight excluding hydrogens is 592 g/mol. The maximum atomic E-state index is 15.1. The Kier molecular flexibility index (Phi) is 14.1. The van der Waals surface area contributed by atoms with Gasteiger partial charge in [-0.15, -0.1) is 0 Å². The monoisotopic (exact) mass is 632 g/mol. The number of esters is 1. The molecule has 0 N–H and O–H groups in total. The Morgan fingerprint density at radius 2 is 1.36 bits per heavy atom. The predicted octanol–water partition coefficient (Wildman–Crippen LogP) is 10.7. The molecule has 0 heterocycles. The first-order valence-electron chi connectivity index (χ1n) is 15.2. The molecule has 3 aromatic carbocycles. The van der Waals surface area contributed by atoms with Crippen molar-refractivity contribution in [1.82, 2.24) is 0 Å². The summed E-state index contributed by atoms with van der Waals surface area (Å²) in [6.45, 7) is 4.62. The van der Waals surface area contributed by atoms with Crippen molar-refractivity contribution in [1.29, 1.82) is 0 Å². The number of halogens is 4. The van der Waals surface area contributed by atoms with Gasteiger partial charge in [-0.25, -0.2) is 9.18 Å². The highest BCUT2D eigenvalue weighted by atomic mass is 32.1. The average Bonchev–Trinajstić information content (AvgIpc) is 3.00. The molecule has 9 heteroatoms. The van der Waals surface area contributed by atoms with Gasteiger partial charge in [-0.1, -0.05) is 77.0 Å². The number of ether oxygens (including phenoxy) is 3. The Labute approximate surface area is 262 Å². The van der Waals surface area contributed by atoms with Crippen LogP contribution in [0.4, 0.5) is 17.6 Å². The van der Waals surface area contributed by atoms with E-state index in [-0.39, 0.29) is 29.2 Å². The summed E-state index contributed by atoms with van der Waals surface area (Å²) >= 11 is 5.33. The van der Waals surface area contributed by atoms with Crippen molar-refractivity contribution in [2.45, 2.75) is 90.3 Å². The molecule has 44 heavy (non-hydrogen) atoms. The number of carbonyl (C=O) groups excluding carboxylic acids is 1. The van der Waals surface area contributed by atoms with Crippen molar-refractivity contribution in [3.05, 3.63) is 83.7 Å². The molecule has 0 radical (unpaired) electrons. The summed E-state index contributed by atoms with van der Waals surface area (Å²) in [6, 6.07) is 17.2. The quantitative estimate of drug-likeness (QED) is 0.0641. The molecule has 3 rings (SSSR count). The van der Waals surface area contributed by atoms with E-state index in [1.807, 2.05) is 12.1 Å². The van der Waals surface area contributed by atoms with Crippen LogP contribution >= 0.6 is 12.2 Å². The fraction of sp³-hybridized carbons (Fsp3) is 0.429. The van der Waals surface area contributed by atoms with E-state index in [0.29, 0.717) is 29.7 Å². The van der Waals surface area contributed by atoms with E-state index in [1.54, 1.807) is 31.2 Å². The molecule has 0 aliphatic heterocycles. The van der Waals surface area contributed by atoms with Gasteiger partial charge in [0, 0.05) is 11.1 Å². The van der Waals surface area contributed by atoms with Crippen LogP contribution in [0.2, 0.25) is 0 Å². The van der Waals surface area contributed by atoms with Crippen molar-refractivity contribution in [2.75, 3.05) is 6.61 Å². The zero-order chi connectivity index (χ0) is 32.0. The molecule has 0 aliphatic carbocycles. The first kappa shape index (κ1) is 35.0. The normalized spacial score (nSPS) is 12.0. The fourth-order valence-corrected chi connectivity index (χ4v) is 4.78. The zero-order valence-electron chi connectivity index (χ0n) is 25.3. The van der Waals surface area contributed by atoms with Crippen molar-refractivity contribution in [3.8, 4) is 22.6 Å². The van der Waals surface area contributed by atoms with Crippen LogP contribution in [-0.2, 0) is 4.74 Å². The molecule has 1 unspecified atom stereocenters. The number of thiocarbonyl (C=S) groups is 1. The SMILES string of the molecule is CCCCCCCCCOc1ccc(-c2ccc(C(=S)Oc3ccc(C(=O)OC(CCCC)C(F)(F)F)cc3)cc2F)cc1. The summed E-state index contributed by atoms with van der Waals surface area (Å²) in [7, 11) is 0. The predicted molar refractivity (Wildman–Crippen MR) is 169 cm³/mol. The summed E-state index contributed by atoms with van der Waals surface area (Å²) in [6.07, 6.45) is 2.20. The highest BCUT2D eigenvalue weighted by molar-refractivity contribution is 7.80. The maximum Gasteiger partial charge on any atom is 0.425 e. The second kappa shape index (κ2) is 17.7. The minimum Gasteiger partial charge on any atom is -0.494 e. The van der Waals surface area contributed by atoms with E-state index >= 15 is 4.39 Å². The Hall–Kier alpha value is -3.46. The molecule has 4 nitrogen and oxygen atoms in total. The first-order chi connectivity index (χ1) is 21.1. The van der Waals surface area contributed by atoms with Gasteiger partial charge in [0.25, 0.3) is 0 Å². The topological polar surface area (TPSA) is 44.8 Å². The van der Waals surface area contributed by atoms with E-state index in [9.17, 15) is 18.0 Å². The van der Waals surface area contributed by atoms with Crippen LogP contribution in [0.3, 0.4) is 0 Å². The molecule has 238 valence electrons. The van der Waals surface area contributed by atoms with Crippen LogP contribution in [0.5, 0.6) is 11.5 Å². The van der Waals surface area contributed by atoms with E-state index in [0.717, 1.165) is 18.6 Å². The van der Waals surface area contributed by atoms with Crippen LogP contribution in [-0.4, -0.2) is 29.9 Å². The molecule has 1 atom stereocenters. The molecule has 0 bridgehead atoms. The minimum atomic E-state index is -4.64. The number of unbranched alkanes of at least 4 members (excludes halogenated alkanes) is 7. The number of hydrogen-bond donors (Lipinski definition) is 0. The van der Waals surface area contributed by atoms with Crippen LogP contribution in [0.25, 0.3) is 11.1 Å². The molecule has 0 amide bonds. The van der Waals surface area contributed by atoms with Gasteiger partial charge < -0.3 is 14.2 Å². The van der Waals surface area contributed by atoms with Gasteiger partial charge >= 0.3 is 12.1 Å². The molecule has 0 aliphatic rings. The van der Waals surface area contributed by atoms with Gasteiger partial charge in [-0.3, -0.25) is 0 Å². The third-order valence-electron chi connectivity index (χ3n) is 7.12. The van der Waals surface area contributed by atoms with Gasteiger partial charge in [0.15, 0.2) is 11.2 Å². The van der Waals surface area contributed by atoms with E-state index in [1.165, 1.54) is 62.4 Å². The third-order valence-corrected chi connectivity index (χ3v) is 7.44. The van der Waals surface area contributed by atoms with Gasteiger partial charge in [0.05, 0.1) is 12.2 Å². The summed E-state index contributed by atoms with van der Waals surface area (Å²) in [4.78, 5) is 12.3. The lowest BCUT2D eigenvalue weighted by Gasteiger charge is -2.20. The summed E-state index contributed by atoms with van der Waals surface area (Å²) in [5.74, 6) is -0.586. The van der Waals surface area contributed by atoms with Gasteiger partial charge in [0.2, 0.25) is 0 Å². The van der Waals surface area contributed by atoms with Crippen molar-refractivity contribution in [3.63, 3.8) is 0 Å². The molecule has 0 saturated heterocycles. The second-order valence-electron chi connectivity index (χ2n) is 10.7. The van der Waals surface area contributed by atoms with Crippen molar-refractivity contribution in [2.24, 2.45) is 0 Å². The standard InChI is InChI=1S/C35H40F4O4S/c1-3-5-7-8-9-10-11-23-41-28-18-13-25(14-19-28)30-22-17-27(24-31(30)36)34(44)42-29-20-15-26(16-21-29)33(40)43-32(12-6-4-2)35(37,38)39/h13-22,24,32H,3-12,23H2,1-2H3. The maximum absolute atomic E-state index is 15.1. The van der Waals surface area contributed by atoms with Crippen molar-refractivity contribution >= 4 is 23.2 Å². The van der Waals surface area contributed by atoms with Crippen LogP contribution in [0.15, 0.2) is 66.7 Å². The Balaban J connectivity index is 1.52. The van der Waals surface area contributed by atoms with Gasteiger partial charge in [-0.2, -0.15) is 13.2 Å². The molecule has 0 saturated carbocycles. The molecule has 3 aromatic rings. The lowest BCUT2D eigenvalue weighted by atomic mass is 10.0. The average molecular weight is 633 g/mol. The molecule has 0 fully saturated rings. The molecule has 0 spiro atoms. The third kappa shape index (κ3) is 11.2. The second-order valence-corrected chi connectivity index (χ2v) is 11.1. The smallest absolute Gasteiger partial charge is 0.425 e. The highest BCUT2D eigenvalue weighted by Gasteiger charge is 2.42. The number of carbonyl (C=O) groups is 1. The number of hydrogen-bond acceptors (Lipinski definition) is 5. The fourth-order valence-electron chi connectivity index (χ4n) is 4.56. The Bertz CT molecular complexity index is 1320. The summed E-state index contributed by atoms with van der Waals surface area (Å²) in [5, 5.41) is -0.00316. The largest absolute Gasteiger partial charge is 0.494 e. The minimum absolute atomic E-state index is 0.00316. The van der Waals surface area contributed by atoms with Crippen LogP contribution in [0.1, 0.15) is 94.0 Å². The van der Waals surface area contributed by atoms with Crippen LogP contribution < -0.4 is 9.47 Å². The lowest BCUT2D eigenvalue weighted by Crippen LogP contribution is -2.33. The van der Waals surface area contributed by atoms with Crippen molar-refractivity contribution < 1.29 is 36.6 Å². The first-order valence-corrected chi connectivity index (χ1v) is 15.7. The van der Waals surface area contributed by atoms with E-state index in [2.05, 4.69) is 6.92 Å². The Morgan fingerprint density at radius 3 is 1.98 bits per heavy atom. The van der Waals surface area contributed by atoms with Gasteiger partial charge in [-0.05, 0) is 85.6 Å². The van der Waals surface area contributed by atoms with Gasteiger partial charge in [0.1, 0.15) is 17.3 Å². The number of alkyl halides is 3.